The number of anilines is 2. The number of nitro groups is 1. The van der Waals surface area contributed by atoms with Crippen molar-refractivity contribution >= 4 is 34.8 Å². The first-order chi connectivity index (χ1) is 14.2. The molecule has 2 aromatic carbocycles. The Hall–Kier alpha value is -3.75. The zero-order valence-corrected chi connectivity index (χ0v) is 16.6. The van der Waals surface area contributed by atoms with Gasteiger partial charge in [-0.25, -0.2) is 0 Å². The quantitative estimate of drug-likeness (QED) is 0.443. The highest BCUT2D eigenvalue weighted by Crippen LogP contribution is 2.26. The molecule has 9 nitrogen and oxygen atoms in total. The molecule has 30 heavy (non-hydrogen) atoms. The van der Waals surface area contributed by atoms with Crippen LogP contribution in [0.15, 0.2) is 42.5 Å². The van der Waals surface area contributed by atoms with Crippen LogP contribution in [0.4, 0.5) is 17.1 Å². The molecule has 156 valence electrons. The summed E-state index contributed by atoms with van der Waals surface area (Å²) >= 11 is 0. The third-order valence-corrected chi connectivity index (χ3v) is 4.84. The van der Waals surface area contributed by atoms with E-state index in [2.05, 4.69) is 5.32 Å². The van der Waals surface area contributed by atoms with Gasteiger partial charge in [0.1, 0.15) is 0 Å². The van der Waals surface area contributed by atoms with E-state index >= 15 is 0 Å². The number of amides is 2. The van der Waals surface area contributed by atoms with Gasteiger partial charge in [-0.1, -0.05) is 23.8 Å². The van der Waals surface area contributed by atoms with Gasteiger partial charge in [-0.05, 0) is 32.0 Å². The smallest absolute Gasteiger partial charge is 0.311 e. The first-order valence-corrected chi connectivity index (χ1v) is 9.33. The van der Waals surface area contributed by atoms with Crippen molar-refractivity contribution in [2.24, 2.45) is 5.92 Å². The Morgan fingerprint density at radius 1 is 1.20 bits per heavy atom. The van der Waals surface area contributed by atoms with E-state index in [1.54, 1.807) is 6.92 Å². The molecule has 1 heterocycles. The molecule has 0 aliphatic carbocycles. The Bertz CT molecular complexity index is 1000. The van der Waals surface area contributed by atoms with Gasteiger partial charge in [0.25, 0.3) is 11.6 Å². The van der Waals surface area contributed by atoms with Crippen molar-refractivity contribution in [3.05, 3.63) is 63.7 Å². The molecule has 2 amide bonds. The molecule has 0 radical (unpaired) electrons. The van der Waals surface area contributed by atoms with Crippen LogP contribution in [-0.2, 0) is 19.1 Å². The monoisotopic (exact) mass is 411 g/mol. The van der Waals surface area contributed by atoms with E-state index in [-0.39, 0.29) is 30.2 Å². The largest absolute Gasteiger partial charge is 0.455 e. The van der Waals surface area contributed by atoms with Gasteiger partial charge >= 0.3 is 5.97 Å². The lowest BCUT2D eigenvalue weighted by Crippen LogP contribution is -2.28. The third-order valence-electron chi connectivity index (χ3n) is 4.84. The number of benzene rings is 2. The molecule has 3 rings (SSSR count). The summed E-state index contributed by atoms with van der Waals surface area (Å²) in [5.74, 6) is -2.10. The molecule has 0 saturated carbocycles. The predicted molar refractivity (Wildman–Crippen MR) is 109 cm³/mol. The van der Waals surface area contributed by atoms with Crippen molar-refractivity contribution in [2.45, 2.75) is 20.3 Å². The number of hydrogen-bond donors (Lipinski definition) is 1. The van der Waals surface area contributed by atoms with Gasteiger partial charge in [0.2, 0.25) is 5.91 Å². The Morgan fingerprint density at radius 3 is 2.57 bits per heavy atom. The van der Waals surface area contributed by atoms with Crippen molar-refractivity contribution in [3.63, 3.8) is 0 Å². The predicted octanol–water partition coefficient (Wildman–Crippen LogP) is 2.75. The molecular formula is C21H21N3O6. The summed E-state index contributed by atoms with van der Waals surface area (Å²) in [6.45, 7) is 3.17. The van der Waals surface area contributed by atoms with E-state index < -0.39 is 29.3 Å². The number of carbonyl (C=O) groups is 3. The van der Waals surface area contributed by atoms with Crippen molar-refractivity contribution < 1.29 is 24.0 Å². The minimum absolute atomic E-state index is 0.0124. The molecule has 0 unspecified atom stereocenters. The number of nitrogens with one attached hydrogen (secondary N) is 1. The summed E-state index contributed by atoms with van der Waals surface area (Å²) < 4.78 is 5.05. The van der Waals surface area contributed by atoms with Crippen LogP contribution in [0, 0.1) is 29.9 Å². The fraction of sp³-hybridized carbons (Fsp3) is 0.286. The lowest BCUT2D eigenvalue weighted by molar-refractivity contribution is -0.385. The van der Waals surface area contributed by atoms with Gasteiger partial charge in [-0.15, -0.1) is 0 Å². The molecule has 0 bridgehead atoms. The number of ether oxygens (including phenoxy) is 1. The lowest BCUT2D eigenvalue weighted by atomic mass is 10.1. The second kappa shape index (κ2) is 8.73. The van der Waals surface area contributed by atoms with Crippen LogP contribution in [-0.4, -0.2) is 35.9 Å². The molecule has 1 saturated heterocycles. The van der Waals surface area contributed by atoms with Gasteiger partial charge in [-0.3, -0.25) is 24.5 Å². The Balaban J connectivity index is 1.53. The lowest BCUT2D eigenvalue weighted by Gasteiger charge is -2.16. The number of carbonyl (C=O) groups excluding carboxylic acids is 3. The van der Waals surface area contributed by atoms with E-state index in [0.29, 0.717) is 11.3 Å². The van der Waals surface area contributed by atoms with Gasteiger partial charge in [-0.2, -0.15) is 0 Å². The summed E-state index contributed by atoms with van der Waals surface area (Å²) in [6.07, 6.45) is 0.0124. The molecule has 1 aliphatic heterocycles. The van der Waals surface area contributed by atoms with Crippen LogP contribution in [0.2, 0.25) is 0 Å². The topological polar surface area (TPSA) is 119 Å². The number of hydrogen-bond acceptors (Lipinski definition) is 6. The number of esters is 1. The molecule has 2 aromatic rings. The highest BCUT2D eigenvalue weighted by molar-refractivity contribution is 6.00. The van der Waals surface area contributed by atoms with E-state index in [4.69, 9.17) is 4.74 Å². The van der Waals surface area contributed by atoms with Gasteiger partial charge in [0.15, 0.2) is 6.61 Å². The average Bonchev–Trinajstić information content (AvgIpc) is 3.09. The van der Waals surface area contributed by atoms with Crippen molar-refractivity contribution in [2.75, 3.05) is 23.4 Å². The summed E-state index contributed by atoms with van der Waals surface area (Å²) in [7, 11) is 0. The molecule has 1 fully saturated rings. The number of nitrogens with zero attached hydrogens (tertiary/aromatic N) is 2. The number of rotatable bonds is 6. The van der Waals surface area contributed by atoms with Gasteiger partial charge in [0, 0.05) is 36.0 Å². The van der Waals surface area contributed by atoms with Crippen LogP contribution in [0.5, 0.6) is 0 Å². The third kappa shape index (κ3) is 4.80. The van der Waals surface area contributed by atoms with Crippen molar-refractivity contribution in [1.29, 1.82) is 0 Å². The van der Waals surface area contributed by atoms with E-state index in [9.17, 15) is 24.5 Å². The minimum Gasteiger partial charge on any atom is -0.455 e. The van der Waals surface area contributed by atoms with Crippen LogP contribution >= 0.6 is 0 Å². The summed E-state index contributed by atoms with van der Waals surface area (Å²) in [5.41, 5.74) is 2.35. The highest BCUT2D eigenvalue weighted by atomic mass is 16.6. The Labute approximate surface area is 172 Å². The zero-order valence-electron chi connectivity index (χ0n) is 16.6. The standard InChI is InChI=1S/C21H21N3O6/c1-13-3-7-17(8-4-13)23-11-15(9-20(23)26)21(27)30-12-19(25)22-16-6-5-14(2)18(10-16)24(28)29/h3-8,10,15H,9,11-12H2,1-2H3,(H,22,25)/t15-/m1/s1. The Kier molecular flexibility index (Phi) is 6.10. The normalized spacial score (nSPS) is 15.7. The second-order valence-corrected chi connectivity index (χ2v) is 7.16. The molecule has 9 heteroatoms. The first kappa shape index (κ1) is 21.0. The highest BCUT2D eigenvalue weighted by Gasteiger charge is 2.36. The minimum atomic E-state index is -0.660. The van der Waals surface area contributed by atoms with Crippen molar-refractivity contribution in [1.82, 2.24) is 0 Å². The fourth-order valence-corrected chi connectivity index (χ4v) is 3.18. The molecular weight excluding hydrogens is 390 g/mol. The van der Waals surface area contributed by atoms with Crippen LogP contribution < -0.4 is 10.2 Å². The van der Waals surface area contributed by atoms with E-state index in [1.165, 1.54) is 23.1 Å². The molecule has 0 aromatic heterocycles. The van der Waals surface area contributed by atoms with Crippen molar-refractivity contribution in [3.8, 4) is 0 Å². The number of nitro benzene ring substituents is 1. The fourth-order valence-electron chi connectivity index (χ4n) is 3.18. The molecule has 1 aliphatic rings. The second-order valence-electron chi connectivity index (χ2n) is 7.16. The summed E-state index contributed by atoms with van der Waals surface area (Å²) in [5, 5.41) is 13.4. The molecule has 1 atom stereocenters. The molecule has 0 spiro atoms. The van der Waals surface area contributed by atoms with Crippen LogP contribution in [0.25, 0.3) is 0 Å². The zero-order chi connectivity index (χ0) is 21.8. The van der Waals surface area contributed by atoms with E-state index in [0.717, 1.165) is 5.56 Å². The first-order valence-electron chi connectivity index (χ1n) is 9.33. The van der Waals surface area contributed by atoms with Gasteiger partial charge in [0.05, 0.1) is 10.8 Å². The van der Waals surface area contributed by atoms with Crippen LogP contribution in [0.3, 0.4) is 0 Å². The van der Waals surface area contributed by atoms with Gasteiger partial charge < -0.3 is 15.0 Å². The SMILES string of the molecule is Cc1ccc(N2C[C@H](C(=O)OCC(=O)Nc3ccc(C)c([N+](=O)[O-])c3)CC2=O)cc1. The maximum Gasteiger partial charge on any atom is 0.311 e. The van der Waals surface area contributed by atoms with E-state index in [1.807, 2.05) is 31.2 Å². The average molecular weight is 411 g/mol. The molecule has 1 N–H and O–H groups in total. The number of aryl methyl sites for hydroxylation is 2. The maximum atomic E-state index is 12.3. The summed E-state index contributed by atoms with van der Waals surface area (Å²) in [4.78, 5) is 48.6. The van der Waals surface area contributed by atoms with Crippen LogP contribution in [0.1, 0.15) is 17.5 Å². The maximum absolute atomic E-state index is 12.3. The summed E-state index contributed by atoms with van der Waals surface area (Å²) in [6, 6.07) is 11.7. The Morgan fingerprint density at radius 2 is 1.90 bits per heavy atom.